The van der Waals surface area contributed by atoms with Gasteiger partial charge >= 0.3 is 0 Å². The third kappa shape index (κ3) is 3.81. The standard InChI is InChI=1S/C7H11NO.C2H6/c1-8-6-4-2-3-5-7(8)9;1-2/h3,5H,2,4,6H2,1H3;1-2H3. The second-order valence-electron chi connectivity index (χ2n) is 2.30. The highest BCUT2D eigenvalue weighted by Crippen LogP contribution is 2.00. The van der Waals surface area contributed by atoms with E-state index in [4.69, 9.17) is 0 Å². The van der Waals surface area contributed by atoms with Crippen LogP contribution in [-0.4, -0.2) is 24.4 Å². The Balaban J connectivity index is 0.000000461. The molecule has 0 fully saturated rings. The van der Waals surface area contributed by atoms with Crippen molar-refractivity contribution in [2.75, 3.05) is 13.6 Å². The molecular formula is C9H17NO. The summed E-state index contributed by atoms with van der Waals surface area (Å²) in [6.07, 6.45) is 5.72. The van der Waals surface area contributed by atoms with Crippen molar-refractivity contribution in [3.63, 3.8) is 0 Å². The van der Waals surface area contributed by atoms with Gasteiger partial charge in [0.1, 0.15) is 0 Å². The van der Waals surface area contributed by atoms with Crippen molar-refractivity contribution in [2.24, 2.45) is 0 Å². The van der Waals surface area contributed by atoms with Crippen molar-refractivity contribution in [2.45, 2.75) is 26.7 Å². The Hall–Kier alpha value is -0.790. The molecule has 1 heterocycles. The zero-order chi connectivity index (χ0) is 8.69. The number of allylic oxidation sites excluding steroid dienone is 1. The average Bonchev–Trinajstić information content (AvgIpc) is 2.22. The maximum atomic E-state index is 10.9. The van der Waals surface area contributed by atoms with Gasteiger partial charge in [-0.1, -0.05) is 19.9 Å². The molecule has 0 aromatic carbocycles. The lowest BCUT2D eigenvalue weighted by molar-refractivity contribution is -0.124. The lowest BCUT2D eigenvalue weighted by Crippen LogP contribution is -2.24. The normalized spacial score (nSPS) is 17.0. The molecule has 0 spiro atoms. The first-order valence-electron chi connectivity index (χ1n) is 4.22. The van der Waals surface area contributed by atoms with Crippen LogP contribution in [-0.2, 0) is 4.79 Å². The zero-order valence-corrected chi connectivity index (χ0v) is 7.63. The molecule has 0 saturated carbocycles. The van der Waals surface area contributed by atoms with Crippen LogP contribution >= 0.6 is 0 Å². The van der Waals surface area contributed by atoms with Crippen LogP contribution in [0.15, 0.2) is 12.2 Å². The van der Waals surface area contributed by atoms with Gasteiger partial charge in [-0.25, -0.2) is 0 Å². The molecule has 1 amide bonds. The topological polar surface area (TPSA) is 20.3 Å². The molecule has 0 radical (unpaired) electrons. The summed E-state index contributed by atoms with van der Waals surface area (Å²) in [4.78, 5) is 12.6. The highest BCUT2D eigenvalue weighted by molar-refractivity contribution is 5.87. The first-order valence-corrected chi connectivity index (χ1v) is 4.22. The molecule has 11 heavy (non-hydrogen) atoms. The van der Waals surface area contributed by atoms with Gasteiger partial charge in [-0.3, -0.25) is 4.79 Å². The van der Waals surface area contributed by atoms with Gasteiger partial charge in [0, 0.05) is 13.6 Å². The van der Waals surface area contributed by atoms with Crippen LogP contribution in [0.4, 0.5) is 0 Å². The van der Waals surface area contributed by atoms with Crippen molar-refractivity contribution in [1.29, 1.82) is 0 Å². The van der Waals surface area contributed by atoms with E-state index in [9.17, 15) is 4.79 Å². The molecule has 2 nitrogen and oxygen atoms in total. The summed E-state index contributed by atoms with van der Waals surface area (Å²) in [6.45, 7) is 4.89. The molecular weight excluding hydrogens is 138 g/mol. The van der Waals surface area contributed by atoms with Gasteiger partial charge in [0.25, 0.3) is 0 Å². The minimum atomic E-state index is 0.132. The second-order valence-corrected chi connectivity index (χ2v) is 2.30. The van der Waals surface area contributed by atoms with Crippen LogP contribution in [0.1, 0.15) is 26.7 Å². The Morgan fingerprint density at radius 1 is 1.45 bits per heavy atom. The Labute approximate surface area is 68.9 Å². The van der Waals surface area contributed by atoms with Crippen LogP contribution in [0.2, 0.25) is 0 Å². The second kappa shape index (κ2) is 5.96. The summed E-state index contributed by atoms with van der Waals surface area (Å²) < 4.78 is 0. The molecule has 0 aliphatic carbocycles. The molecule has 1 rings (SSSR count). The number of hydrogen-bond donors (Lipinski definition) is 0. The van der Waals surface area contributed by atoms with Crippen molar-refractivity contribution in [1.82, 2.24) is 4.90 Å². The Morgan fingerprint density at radius 2 is 2.09 bits per heavy atom. The van der Waals surface area contributed by atoms with Gasteiger partial charge in [0.15, 0.2) is 0 Å². The molecule has 64 valence electrons. The Kier molecular flexibility index (Phi) is 5.53. The molecule has 0 aromatic heterocycles. The van der Waals surface area contributed by atoms with Gasteiger partial charge in [-0.15, -0.1) is 0 Å². The summed E-state index contributed by atoms with van der Waals surface area (Å²) in [7, 11) is 1.83. The van der Waals surface area contributed by atoms with Gasteiger partial charge < -0.3 is 4.90 Å². The Bertz CT molecular complexity index is 140. The van der Waals surface area contributed by atoms with Crippen molar-refractivity contribution in [3.05, 3.63) is 12.2 Å². The first kappa shape index (κ1) is 10.2. The predicted octanol–water partition coefficient (Wildman–Crippen LogP) is 1.82. The number of rotatable bonds is 0. The lowest BCUT2D eigenvalue weighted by Gasteiger charge is -2.10. The zero-order valence-electron chi connectivity index (χ0n) is 7.63. The summed E-state index contributed by atoms with van der Waals surface area (Å²) in [6, 6.07) is 0. The van der Waals surface area contributed by atoms with Crippen LogP contribution in [0, 0.1) is 0 Å². The molecule has 0 atom stereocenters. The summed E-state index contributed by atoms with van der Waals surface area (Å²) in [5.41, 5.74) is 0. The van der Waals surface area contributed by atoms with E-state index in [0.29, 0.717) is 0 Å². The maximum Gasteiger partial charge on any atom is 0.245 e. The minimum absolute atomic E-state index is 0.132. The molecule has 0 aromatic rings. The number of amides is 1. The quantitative estimate of drug-likeness (QED) is 0.522. The number of hydrogen-bond acceptors (Lipinski definition) is 1. The molecule has 0 bridgehead atoms. The van der Waals surface area contributed by atoms with E-state index in [1.807, 2.05) is 27.0 Å². The third-order valence-corrected chi connectivity index (χ3v) is 1.50. The smallest absolute Gasteiger partial charge is 0.245 e. The van der Waals surface area contributed by atoms with Crippen molar-refractivity contribution >= 4 is 5.91 Å². The van der Waals surface area contributed by atoms with E-state index in [1.165, 1.54) is 0 Å². The van der Waals surface area contributed by atoms with Gasteiger partial charge in [0.2, 0.25) is 5.91 Å². The van der Waals surface area contributed by atoms with E-state index >= 15 is 0 Å². The number of likely N-dealkylation sites (N-methyl/N-ethyl adjacent to an activating group) is 1. The third-order valence-electron chi connectivity index (χ3n) is 1.50. The number of carbonyl (C=O) groups excluding carboxylic acids is 1. The summed E-state index contributed by atoms with van der Waals surface area (Å²) >= 11 is 0. The van der Waals surface area contributed by atoms with Gasteiger partial charge in [-0.05, 0) is 18.9 Å². The van der Waals surface area contributed by atoms with Crippen LogP contribution in [0.3, 0.4) is 0 Å². The monoisotopic (exact) mass is 155 g/mol. The minimum Gasteiger partial charge on any atom is -0.342 e. The largest absolute Gasteiger partial charge is 0.342 e. The number of nitrogens with zero attached hydrogens (tertiary/aromatic N) is 1. The van der Waals surface area contributed by atoms with E-state index in [2.05, 4.69) is 0 Å². The Morgan fingerprint density at radius 3 is 2.73 bits per heavy atom. The van der Waals surface area contributed by atoms with E-state index in [0.717, 1.165) is 19.4 Å². The molecule has 0 N–H and O–H groups in total. The highest BCUT2D eigenvalue weighted by atomic mass is 16.2. The maximum absolute atomic E-state index is 10.9. The molecule has 0 unspecified atom stereocenters. The predicted molar refractivity (Wildman–Crippen MR) is 47.4 cm³/mol. The van der Waals surface area contributed by atoms with Gasteiger partial charge in [-0.2, -0.15) is 0 Å². The molecule has 2 heteroatoms. The van der Waals surface area contributed by atoms with Crippen LogP contribution in [0.5, 0.6) is 0 Å². The fourth-order valence-corrected chi connectivity index (χ4v) is 0.868. The average molecular weight is 155 g/mol. The van der Waals surface area contributed by atoms with Crippen LogP contribution in [0.25, 0.3) is 0 Å². The molecule has 0 saturated heterocycles. The SMILES string of the molecule is CC.CN1CCCC=CC1=O. The van der Waals surface area contributed by atoms with Crippen molar-refractivity contribution < 1.29 is 4.79 Å². The fourth-order valence-electron chi connectivity index (χ4n) is 0.868. The van der Waals surface area contributed by atoms with Gasteiger partial charge in [0.05, 0.1) is 0 Å². The first-order chi connectivity index (χ1) is 5.30. The molecule has 1 aliphatic heterocycles. The summed E-state index contributed by atoms with van der Waals surface area (Å²) in [5.74, 6) is 0.132. The highest BCUT2D eigenvalue weighted by Gasteiger charge is 2.05. The van der Waals surface area contributed by atoms with E-state index in [-0.39, 0.29) is 5.91 Å². The summed E-state index contributed by atoms with van der Waals surface area (Å²) in [5, 5.41) is 0. The fraction of sp³-hybridized carbons (Fsp3) is 0.667. The molecule has 1 aliphatic rings. The lowest BCUT2D eigenvalue weighted by atomic mass is 10.3. The van der Waals surface area contributed by atoms with E-state index < -0.39 is 0 Å². The van der Waals surface area contributed by atoms with Crippen molar-refractivity contribution in [3.8, 4) is 0 Å². The number of carbonyl (C=O) groups is 1. The van der Waals surface area contributed by atoms with Crippen LogP contribution < -0.4 is 0 Å². The van der Waals surface area contributed by atoms with E-state index in [1.54, 1.807) is 11.0 Å².